The fourth-order valence-electron chi connectivity index (χ4n) is 1.86. The highest BCUT2D eigenvalue weighted by Gasteiger charge is 2.20. The van der Waals surface area contributed by atoms with Crippen molar-refractivity contribution in [2.24, 2.45) is 5.92 Å². The molecule has 1 aliphatic carbocycles. The Kier molecular flexibility index (Phi) is 4.61. The van der Waals surface area contributed by atoms with Crippen molar-refractivity contribution in [3.8, 4) is 0 Å². The van der Waals surface area contributed by atoms with Crippen molar-refractivity contribution in [3.05, 3.63) is 34.9 Å². The molecule has 0 saturated heterocycles. The highest BCUT2D eigenvalue weighted by atomic mass is 35.5. The topological polar surface area (TPSA) is 41.1 Å². The lowest BCUT2D eigenvalue weighted by Gasteiger charge is -2.15. The lowest BCUT2D eigenvalue weighted by Crippen LogP contribution is -2.36. The van der Waals surface area contributed by atoms with Crippen LogP contribution in [0.2, 0.25) is 5.02 Å². The third kappa shape index (κ3) is 4.31. The molecular weight excluding hydrogens is 248 g/mol. The zero-order valence-corrected chi connectivity index (χ0v) is 11.3. The number of rotatable bonds is 6. The van der Waals surface area contributed by atoms with Gasteiger partial charge in [-0.1, -0.05) is 23.7 Å². The Labute approximate surface area is 113 Å². The molecule has 0 aromatic heterocycles. The van der Waals surface area contributed by atoms with Crippen LogP contribution in [-0.2, 0) is 4.79 Å². The average Bonchev–Trinajstić information content (AvgIpc) is 3.13. The van der Waals surface area contributed by atoms with E-state index >= 15 is 0 Å². The number of carbonyl (C=O) groups excluding carboxylic acids is 1. The van der Waals surface area contributed by atoms with Gasteiger partial charge in [-0.3, -0.25) is 4.79 Å². The summed E-state index contributed by atoms with van der Waals surface area (Å²) >= 11 is 5.93. The standard InChI is InChI=1S/C14H19ClN2O/c1-10(12-3-2-4-13(15)7-12)17-14(18)9-16-8-11-5-6-11/h2-4,7,10-11,16H,5-6,8-9H2,1H3,(H,17,18)/t10-/m1/s1. The van der Waals surface area contributed by atoms with E-state index in [0.29, 0.717) is 11.6 Å². The van der Waals surface area contributed by atoms with Gasteiger partial charge in [0.05, 0.1) is 12.6 Å². The Hall–Kier alpha value is -1.06. The quantitative estimate of drug-likeness (QED) is 0.831. The van der Waals surface area contributed by atoms with E-state index in [2.05, 4.69) is 10.6 Å². The second-order valence-electron chi connectivity index (χ2n) is 4.92. The van der Waals surface area contributed by atoms with Crippen LogP contribution in [-0.4, -0.2) is 19.0 Å². The van der Waals surface area contributed by atoms with Crippen molar-refractivity contribution < 1.29 is 4.79 Å². The number of amides is 1. The normalized spacial score (nSPS) is 16.3. The molecule has 0 spiro atoms. The molecule has 1 atom stereocenters. The lowest BCUT2D eigenvalue weighted by molar-refractivity contribution is -0.120. The zero-order chi connectivity index (χ0) is 13.0. The largest absolute Gasteiger partial charge is 0.348 e. The van der Waals surface area contributed by atoms with Gasteiger partial charge in [0.2, 0.25) is 5.91 Å². The Morgan fingerprint density at radius 3 is 2.94 bits per heavy atom. The SMILES string of the molecule is C[C@@H](NC(=O)CNCC1CC1)c1cccc(Cl)c1. The summed E-state index contributed by atoms with van der Waals surface area (Å²) in [6.45, 7) is 3.31. The molecule has 0 aliphatic heterocycles. The molecule has 1 fully saturated rings. The first-order valence-electron chi connectivity index (χ1n) is 6.40. The minimum Gasteiger partial charge on any atom is -0.348 e. The molecule has 98 valence electrons. The molecule has 4 heteroatoms. The van der Waals surface area contributed by atoms with Gasteiger partial charge in [-0.2, -0.15) is 0 Å². The van der Waals surface area contributed by atoms with Crippen molar-refractivity contribution >= 4 is 17.5 Å². The summed E-state index contributed by atoms with van der Waals surface area (Å²) in [5, 5.41) is 6.83. The number of nitrogens with one attached hydrogen (secondary N) is 2. The van der Waals surface area contributed by atoms with E-state index in [9.17, 15) is 4.79 Å². The van der Waals surface area contributed by atoms with Gasteiger partial charge in [-0.15, -0.1) is 0 Å². The number of hydrogen-bond acceptors (Lipinski definition) is 2. The van der Waals surface area contributed by atoms with Crippen molar-refractivity contribution in [3.63, 3.8) is 0 Å². The molecule has 2 rings (SSSR count). The molecule has 0 radical (unpaired) electrons. The smallest absolute Gasteiger partial charge is 0.234 e. The van der Waals surface area contributed by atoms with Crippen LogP contribution in [0.3, 0.4) is 0 Å². The fraction of sp³-hybridized carbons (Fsp3) is 0.500. The Morgan fingerprint density at radius 2 is 2.28 bits per heavy atom. The van der Waals surface area contributed by atoms with Crippen LogP contribution in [0.5, 0.6) is 0 Å². The maximum atomic E-state index is 11.7. The Bertz CT molecular complexity index is 418. The molecule has 0 bridgehead atoms. The second kappa shape index (κ2) is 6.21. The Balaban J connectivity index is 1.75. The first-order valence-corrected chi connectivity index (χ1v) is 6.78. The molecule has 1 aromatic rings. The minimum absolute atomic E-state index is 0.0149. The van der Waals surface area contributed by atoms with Gasteiger partial charge < -0.3 is 10.6 Å². The van der Waals surface area contributed by atoms with Crippen LogP contribution in [0.25, 0.3) is 0 Å². The van der Waals surface area contributed by atoms with Crippen molar-refractivity contribution in [2.45, 2.75) is 25.8 Å². The highest BCUT2D eigenvalue weighted by Crippen LogP contribution is 2.27. The molecule has 1 aliphatic rings. The maximum absolute atomic E-state index is 11.7. The molecule has 0 heterocycles. The fourth-order valence-corrected chi connectivity index (χ4v) is 2.06. The third-order valence-electron chi connectivity index (χ3n) is 3.14. The molecule has 0 unspecified atom stereocenters. The van der Waals surface area contributed by atoms with Gasteiger partial charge in [-0.25, -0.2) is 0 Å². The van der Waals surface area contributed by atoms with Crippen LogP contribution >= 0.6 is 11.6 Å². The summed E-state index contributed by atoms with van der Waals surface area (Å²) in [4.78, 5) is 11.7. The van der Waals surface area contributed by atoms with E-state index in [-0.39, 0.29) is 11.9 Å². The molecule has 18 heavy (non-hydrogen) atoms. The van der Waals surface area contributed by atoms with Gasteiger partial charge in [0.1, 0.15) is 0 Å². The van der Waals surface area contributed by atoms with E-state index in [1.807, 2.05) is 31.2 Å². The van der Waals surface area contributed by atoms with Gasteiger partial charge in [0.15, 0.2) is 0 Å². The minimum atomic E-state index is -0.0149. The maximum Gasteiger partial charge on any atom is 0.234 e. The van der Waals surface area contributed by atoms with Gasteiger partial charge in [-0.05, 0) is 49.9 Å². The first kappa shape index (κ1) is 13.4. The van der Waals surface area contributed by atoms with Gasteiger partial charge in [0, 0.05) is 5.02 Å². The number of halogens is 1. The van der Waals surface area contributed by atoms with E-state index in [1.54, 1.807) is 0 Å². The summed E-state index contributed by atoms with van der Waals surface area (Å²) < 4.78 is 0. The summed E-state index contributed by atoms with van der Waals surface area (Å²) in [6, 6.07) is 7.56. The van der Waals surface area contributed by atoms with Crippen molar-refractivity contribution in [1.82, 2.24) is 10.6 Å². The number of benzene rings is 1. The van der Waals surface area contributed by atoms with Gasteiger partial charge in [0.25, 0.3) is 0 Å². The van der Waals surface area contributed by atoms with Crippen molar-refractivity contribution in [1.29, 1.82) is 0 Å². The molecule has 1 aromatic carbocycles. The second-order valence-corrected chi connectivity index (χ2v) is 5.35. The van der Waals surface area contributed by atoms with Crippen LogP contribution < -0.4 is 10.6 Å². The summed E-state index contributed by atoms with van der Waals surface area (Å²) in [5.41, 5.74) is 1.03. The zero-order valence-electron chi connectivity index (χ0n) is 10.6. The highest BCUT2D eigenvalue weighted by molar-refractivity contribution is 6.30. The van der Waals surface area contributed by atoms with Crippen molar-refractivity contribution in [2.75, 3.05) is 13.1 Å². The predicted octanol–water partition coefficient (Wildman–Crippen LogP) is 2.52. The molecule has 1 amide bonds. The molecule has 2 N–H and O–H groups in total. The first-order chi connectivity index (χ1) is 8.65. The summed E-state index contributed by atoms with van der Waals surface area (Å²) in [6.07, 6.45) is 2.60. The van der Waals surface area contributed by atoms with Crippen LogP contribution in [0.4, 0.5) is 0 Å². The van der Waals surface area contributed by atoms with E-state index in [1.165, 1.54) is 12.8 Å². The molecule has 3 nitrogen and oxygen atoms in total. The molecular formula is C14H19ClN2O. The van der Waals surface area contributed by atoms with E-state index in [0.717, 1.165) is 18.0 Å². The van der Waals surface area contributed by atoms with E-state index in [4.69, 9.17) is 11.6 Å². The van der Waals surface area contributed by atoms with Crippen LogP contribution in [0, 0.1) is 5.92 Å². The summed E-state index contributed by atoms with van der Waals surface area (Å²) in [7, 11) is 0. The number of hydrogen-bond donors (Lipinski definition) is 2. The monoisotopic (exact) mass is 266 g/mol. The Morgan fingerprint density at radius 1 is 1.50 bits per heavy atom. The average molecular weight is 267 g/mol. The third-order valence-corrected chi connectivity index (χ3v) is 3.38. The number of carbonyl (C=O) groups is 1. The lowest BCUT2D eigenvalue weighted by atomic mass is 10.1. The van der Waals surface area contributed by atoms with Crippen LogP contribution in [0.15, 0.2) is 24.3 Å². The van der Waals surface area contributed by atoms with E-state index < -0.39 is 0 Å². The van der Waals surface area contributed by atoms with Gasteiger partial charge >= 0.3 is 0 Å². The predicted molar refractivity (Wildman–Crippen MR) is 73.6 cm³/mol. The molecule has 1 saturated carbocycles. The van der Waals surface area contributed by atoms with Crippen LogP contribution in [0.1, 0.15) is 31.4 Å². The summed E-state index contributed by atoms with van der Waals surface area (Å²) in [5.74, 6) is 0.825.